The number of hydrogen-bond acceptors (Lipinski definition) is 5. The highest BCUT2D eigenvalue weighted by Gasteiger charge is 2.28. The summed E-state index contributed by atoms with van der Waals surface area (Å²) in [4.78, 5) is 11.9. The van der Waals surface area contributed by atoms with Crippen molar-refractivity contribution in [3.63, 3.8) is 0 Å². The van der Waals surface area contributed by atoms with Gasteiger partial charge in [-0.1, -0.05) is 0 Å². The minimum atomic E-state index is -1.01. The molecule has 0 bridgehead atoms. The molecule has 1 atom stereocenters. The van der Waals surface area contributed by atoms with Gasteiger partial charge in [0.15, 0.2) is 0 Å². The van der Waals surface area contributed by atoms with Gasteiger partial charge in [0.2, 0.25) is 5.78 Å². The fourth-order valence-electron chi connectivity index (χ4n) is 1.48. The Labute approximate surface area is 97.9 Å². The first-order chi connectivity index (χ1) is 8.24. The molecular formula is C12H12O5. The zero-order valence-electron chi connectivity index (χ0n) is 9.25. The van der Waals surface area contributed by atoms with Crippen LogP contribution in [0.25, 0.3) is 6.08 Å². The molecule has 1 aromatic rings. The van der Waals surface area contributed by atoms with Gasteiger partial charge in [0.05, 0.1) is 6.26 Å². The molecule has 2 rings (SSSR count). The first kappa shape index (κ1) is 11.6. The third-order valence-electron chi connectivity index (χ3n) is 2.28. The van der Waals surface area contributed by atoms with Crippen LogP contribution in [0.15, 0.2) is 40.2 Å². The Morgan fingerprint density at radius 3 is 3.00 bits per heavy atom. The van der Waals surface area contributed by atoms with Crippen LogP contribution in [0, 0.1) is 0 Å². The van der Waals surface area contributed by atoms with Gasteiger partial charge in [0.1, 0.15) is 18.1 Å². The Kier molecular flexibility index (Phi) is 3.41. The van der Waals surface area contributed by atoms with Crippen LogP contribution in [0.5, 0.6) is 0 Å². The molecule has 1 unspecified atom stereocenters. The summed E-state index contributed by atoms with van der Waals surface area (Å²) in [5.41, 5.74) is 0.377. The van der Waals surface area contributed by atoms with Gasteiger partial charge in [-0.05, 0) is 24.3 Å². The van der Waals surface area contributed by atoms with Crippen LogP contribution in [0.2, 0.25) is 0 Å². The average molecular weight is 236 g/mol. The second-order valence-corrected chi connectivity index (χ2v) is 3.43. The predicted molar refractivity (Wildman–Crippen MR) is 58.7 cm³/mol. The zero-order chi connectivity index (χ0) is 12.3. The zero-order valence-corrected chi connectivity index (χ0v) is 9.25. The quantitative estimate of drug-likeness (QED) is 0.796. The van der Waals surface area contributed by atoms with Crippen LogP contribution in [0.1, 0.15) is 5.76 Å². The number of aliphatic hydroxyl groups excluding tert-OH is 1. The number of ether oxygens (including phenoxy) is 2. The molecule has 2 heterocycles. The van der Waals surface area contributed by atoms with E-state index in [-0.39, 0.29) is 18.1 Å². The molecule has 0 saturated carbocycles. The van der Waals surface area contributed by atoms with Crippen molar-refractivity contribution >= 4 is 11.9 Å². The predicted octanol–water partition coefficient (Wildman–Crippen LogP) is 1.11. The third kappa shape index (κ3) is 2.46. The third-order valence-corrected chi connectivity index (χ3v) is 2.28. The van der Waals surface area contributed by atoms with Crippen LogP contribution >= 0.6 is 0 Å². The molecule has 0 saturated heterocycles. The lowest BCUT2D eigenvalue weighted by atomic mass is 10.1. The summed E-state index contributed by atoms with van der Waals surface area (Å²) in [7, 11) is 1.37. The molecule has 17 heavy (non-hydrogen) atoms. The molecule has 0 fully saturated rings. The maximum Gasteiger partial charge on any atom is 0.263 e. The van der Waals surface area contributed by atoms with Crippen LogP contribution in [-0.2, 0) is 14.3 Å². The van der Waals surface area contributed by atoms with Crippen molar-refractivity contribution in [2.24, 2.45) is 0 Å². The first-order valence-electron chi connectivity index (χ1n) is 5.05. The number of hydrogen-bond donors (Lipinski definition) is 1. The number of Topliss-reactive ketones (excluding diaryl/α,β-unsaturated/α-hetero) is 1. The number of furan rings is 1. The minimum Gasteiger partial charge on any atom is -0.465 e. The average Bonchev–Trinajstić information content (AvgIpc) is 2.84. The summed E-state index contributed by atoms with van der Waals surface area (Å²) in [6.45, 7) is -0.289. The molecule has 1 aliphatic heterocycles. The van der Waals surface area contributed by atoms with E-state index >= 15 is 0 Å². The summed E-state index contributed by atoms with van der Waals surface area (Å²) in [5, 5.41) is 9.02. The first-order valence-corrected chi connectivity index (χ1v) is 5.05. The van der Waals surface area contributed by atoms with E-state index in [9.17, 15) is 4.79 Å². The lowest BCUT2D eigenvalue weighted by Crippen LogP contribution is -2.31. The maximum absolute atomic E-state index is 11.9. The topological polar surface area (TPSA) is 68.9 Å². The minimum absolute atomic E-state index is 0.286. The van der Waals surface area contributed by atoms with Crippen LogP contribution in [-0.4, -0.2) is 30.9 Å². The van der Waals surface area contributed by atoms with Crippen molar-refractivity contribution < 1.29 is 23.8 Å². The molecule has 0 aliphatic carbocycles. The van der Waals surface area contributed by atoms with Crippen LogP contribution in [0.3, 0.4) is 0 Å². The van der Waals surface area contributed by atoms with Gasteiger partial charge < -0.3 is 19.0 Å². The molecule has 0 aromatic carbocycles. The number of methoxy groups -OCH3 is 1. The summed E-state index contributed by atoms with van der Waals surface area (Å²) >= 11 is 0. The smallest absolute Gasteiger partial charge is 0.263 e. The van der Waals surface area contributed by atoms with E-state index < -0.39 is 6.29 Å². The van der Waals surface area contributed by atoms with E-state index in [4.69, 9.17) is 19.0 Å². The normalized spacial score (nSPS) is 22.5. The van der Waals surface area contributed by atoms with E-state index in [1.807, 2.05) is 0 Å². The van der Waals surface area contributed by atoms with Crippen molar-refractivity contribution in [3.05, 3.63) is 41.6 Å². The Hall–Kier alpha value is -1.85. The van der Waals surface area contributed by atoms with Gasteiger partial charge in [-0.15, -0.1) is 0 Å². The summed E-state index contributed by atoms with van der Waals surface area (Å²) in [5.74, 6) is 0.536. The molecule has 0 radical (unpaired) electrons. The van der Waals surface area contributed by atoms with Gasteiger partial charge in [-0.25, -0.2) is 0 Å². The molecular weight excluding hydrogens is 224 g/mol. The largest absolute Gasteiger partial charge is 0.465 e. The van der Waals surface area contributed by atoms with Crippen molar-refractivity contribution in [3.8, 4) is 0 Å². The van der Waals surface area contributed by atoms with Gasteiger partial charge in [-0.2, -0.15) is 0 Å². The molecule has 1 aromatic heterocycles. The standard InChI is InChI=1S/C12H12O5/c1-15-12-11(14)8(6-10(7-13)17-12)5-9-3-2-4-16-9/h2-6,12-13H,7H2,1H3/b8-5-. The maximum atomic E-state index is 11.9. The van der Waals surface area contributed by atoms with Crippen molar-refractivity contribution in [1.82, 2.24) is 0 Å². The number of carbonyl (C=O) groups is 1. The van der Waals surface area contributed by atoms with Crippen molar-refractivity contribution in [2.75, 3.05) is 13.7 Å². The van der Waals surface area contributed by atoms with Crippen molar-refractivity contribution in [1.29, 1.82) is 0 Å². The highest BCUT2D eigenvalue weighted by molar-refractivity contribution is 6.05. The van der Waals surface area contributed by atoms with Crippen molar-refractivity contribution in [2.45, 2.75) is 6.29 Å². The summed E-state index contributed by atoms with van der Waals surface area (Å²) in [6.07, 6.45) is 3.55. The Morgan fingerprint density at radius 2 is 2.41 bits per heavy atom. The van der Waals surface area contributed by atoms with E-state index in [1.54, 1.807) is 18.2 Å². The van der Waals surface area contributed by atoms with E-state index in [0.29, 0.717) is 11.3 Å². The number of ketones is 1. The molecule has 1 N–H and O–H groups in total. The number of rotatable bonds is 3. The van der Waals surface area contributed by atoms with Gasteiger partial charge in [-0.3, -0.25) is 4.79 Å². The monoisotopic (exact) mass is 236 g/mol. The van der Waals surface area contributed by atoms with Gasteiger partial charge in [0.25, 0.3) is 6.29 Å². The highest BCUT2D eigenvalue weighted by atomic mass is 16.7. The molecule has 5 nitrogen and oxygen atoms in total. The van der Waals surface area contributed by atoms with Gasteiger partial charge >= 0.3 is 0 Å². The summed E-state index contributed by atoms with van der Waals surface area (Å²) < 4.78 is 15.1. The lowest BCUT2D eigenvalue weighted by Gasteiger charge is -2.22. The SMILES string of the molecule is COC1OC(CO)=C/C(=C/c2ccco2)C1=O. The Bertz CT molecular complexity index is 455. The lowest BCUT2D eigenvalue weighted by molar-refractivity contribution is -0.153. The van der Waals surface area contributed by atoms with E-state index in [0.717, 1.165) is 0 Å². The van der Waals surface area contributed by atoms with Crippen LogP contribution in [0.4, 0.5) is 0 Å². The second kappa shape index (κ2) is 4.99. The van der Waals surface area contributed by atoms with E-state index in [2.05, 4.69) is 0 Å². The van der Waals surface area contributed by atoms with Crippen LogP contribution < -0.4 is 0 Å². The fourth-order valence-corrected chi connectivity index (χ4v) is 1.48. The Balaban J connectivity index is 2.34. The number of aliphatic hydroxyl groups is 1. The molecule has 5 heteroatoms. The van der Waals surface area contributed by atoms with Gasteiger partial charge in [0, 0.05) is 12.7 Å². The molecule has 0 spiro atoms. The second-order valence-electron chi connectivity index (χ2n) is 3.43. The highest BCUT2D eigenvalue weighted by Crippen LogP contribution is 2.21. The Morgan fingerprint density at radius 1 is 1.59 bits per heavy atom. The number of carbonyl (C=O) groups excluding carboxylic acids is 1. The molecule has 1 aliphatic rings. The van der Waals surface area contributed by atoms with E-state index in [1.165, 1.54) is 19.4 Å². The molecule has 0 amide bonds. The summed E-state index contributed by atoms with van der Waals surface area (Å²) in [6, 6.07) is 3.45. The number of allylic oxidation sites excluding steroid dienone is 1. The molecule has 90 valence electrons. The fraction of sp³-hybridized carbons (Fsp3) is 0.250.